The molecule has 1 heterocycles. The van der Waals surface area contributed by atoms with E-state index in [-0.39, 0.29) is 11.7 Å². The molecule has 20 heavy (non-hydrogen) atoms. The van der Waals surface area contributed by atoms with E-state index in [1.165, 1.54) is 12.1 Å². The van der Waals surface area contributed by atoms with Gasteiger partial charge in [0.15, 0.2) is 0 Å². The minimum Gasteiger partial charge on any atom is -0.377 e. The molecule has 1 atom stereocenters. The van der Waals surface area contributed by atoms with E-state index in [4.69, 9.17) is 11.6 Å². The first-order valence-corrected chi connectivity index (χ1v) is 6.96. The van der Waals surface area contributed by atoms with Crippen LogP contribution in [0.5, 0.6) is 0 Å². The standard InChI is InChI=1S/C13H11BrClN3O2/c1-8(9-2-4-11(5-3-9)18(19)20)17-10-6-12(14)13(15)16-7-10/h2-8,17H,1H3. The van der Waals surface area contributed by atoms with E-state index in [9.17, 15) is 10.1 Å². The van der Waals surface area contributed by atoms with Crippen molar-refractivity contribution >= 4 is 38.9 Å². The SMILES string of the molecule is CC(Nc1cnc(Cl)c(Br)c1)c1ccc([N+](=O)[O-])cc1. The van der Waals surface area contributed by atoms with E-state index in [1.54, 1.807) is 18.3 Å². The van der Waals surface area contributed by atoms with E-state index in [2.05, 4.69) is 26.2 Å². The zero-order valence-electron chi connectivity index (χ0n) is 10.5. The smallest absolute Gasteiger partial charge is 0.269 e. The Hall–Kier alpha value is -1.66. The van der Waals surface area contributed by atoms with Gasteiger partial charge in [0.05, 0.1) is 21.3 Å². The van der Waals surface area contributed by atoms with Crippen LogP contribution in [0.25, 0.3) is 0 Å². The minimum absolute atomic E-state index is 0.00863. The summed E-state index contributed by atoms with van der Waals surface area (Å²) in [4.78, 5) is 14.2. The number of nitrogens with one attached hydrogen (secondary N) is 1. The second kappa shape index (κ2) is 6.19. The number of hydrogen-bond donors (Lipinski definition) is 1. The van der Waals surface area contributed by atoms with E-state index < -0.39 is 4.92 Å². The second-order valence-electron chi connectivity index (χ2n) is 4.21. The van der Waals surface area contributed by atoms with E-state index >= 15 is 0 Å². The summed E-state index contributed by atoms with van der Waals surface area (Å²) < 4.78 is 0.708. The van der Waals surface area contributed by atoms with Crippen LogP contribution in [0.15, 0.2) is 41.0 Å². The highest BCUT2D eigenvalue weighted by atomic mass is 79.9. The molecule has 1 aromatic carbocycles. The number of pyridine rings is 1. The first-order chi connectivity index (χ1) is 9.47. The van der Waals surface area contributed by atoms with Crippen LogP contribution in [-0.2, 0) is 0 Å². The number of rotatable bonds is 4. The lowest BCUT2D eigenvalue weighted by Gasteiger charge is -2.15. The normalized spacial score (nSPS) is 11.9. The molecule has 0 radical (unpaired) electrons. The third-order valence-electron chi connectivity index (χ3n) is 2.78. The number of halogens is 2. The van der Waals surface area contributed by atoms with Crippen LogP contribution in [0.3, 0.4) is 0 Å². The maximum absolute atomic E-state index is 10.6. The fraction of sp³-hybridized carbons (Fsp3) is 0.154. The number of nitro benzene ring substituents is 1. The lowest BCUT2D eigenvalue weighted by molar-refractivity contribution is -0.384. The van der Waals surface area contributed by atoms with Gasteiger partial charge < -0.3 is 5.32 Å². The summed E-state index contributed by atoms with van der Waals surface area (Å²) in [6.07, 6.45) is 1.63. The Balaban J connectivity index is 2.12. The molecule has 0 saturated carbocycles. The zero-order valence-corrected chi connectivity index (χ0v) is 12.9. The number of anilines is 1. The Labute approximate surface area is 129 Å². The molecular formula is C13H11BrClN3O2. The highest BCUT2D eigenvalue weighted by Crippen LogP contribution is 2.26. The van der Waals surface area contributed by atoms with Crippen molar-refractivity contribution in [2.24, 2.45) is 0 Å². The maximum atomic E-state index is 10.6. The molecule has 5 nitrogen and oxygen atoms in total. The largest absolute Gasteiger partial charge is 0.377 e. The summed E-state index contributed by atoms with van der Waals surface area (Å²) in [6.45, 7) is 1.96. The topological polar surface area (TPSA) is 68.1 Å². The zero-order chi connectivity index (χ0) is 14.7. The molecule has 0 aliphatic heterocycles. The molecule has 0 fully saturated rings. The monoisotopic (exact) mass is 355 g/mol. The Morgan fingerprint density at radius 2 is 2.05 bits per heavy atom. The van der Waals surface area contributed by atoms with Gasteiger partial charge in [0.25, 0.3) is 5.69 Å². The minimum atomic E-state index is -0.415. The molecule has 1 unspecified atom stereocenters. The van der Waals surface area contributed by atoms with E-state index in [0.29, 0.717) is 9.63 Å². The first-order valence-electron chi connectivity index (χ1n) is 5.79. The highest BCUT2D eigenvalue weighted by Gasteiger charge is 2.10. The van der Waals surface area contributed by atoms with E-state index in [1.807, 2.05) is 13.0 Å². The van der Waals surface area contributed by atoms with Crippen LogP contribution < -0.4 is 5.32 Å². The summed E-state index contributed by atoms with van der Waals surface area (Å²) in [7, 11) is 0. The number of hydrogen-bond acceptors (Lipinski definition) is 4. The van der Waals surface area contributed by atoms with Crippen molar-refractivity contribution in [2.45, 2.75) is 13.0 Å². The number of benzene rings is 1. The number of non-ortho nitro benzene ring substituents is 1. The fourth-order valence-electron chi connectivity index (χ4n) is 1.72. The van der Waals surface area contributed by atoms with Gasteiger partial charge in [-0.1, -0.05) is 23.7 Å². The molecule has 2 aromatic rings. The molecule has 1 N–H and O–H groups in total. The van der Waals surface area contributed by atoms with Crippen LogP contribution in [0.1, 0.15) is 18.5 Å². The quantitative estimate of drug-likeness (QED) is 0.494. The highest BCUT2D eigenvalue weighted by molar-refractivity contribution is 9.10. The molecule has 2 rings (SSSR count). The Bertz CT molecular complexity index is 634. The van der Waals surface area contributed by atoms with Crippen molar-refractivity contribution in [3.8, 4) is 0 Å². The number of nitro groups is 1. The second-order valence-corrected chi connectivity index (χ2v) is 5.42. The summed E-state index contributed by atoms with van der Waals surface area (Å²) in [5.74, 6) is 0. The third-order valence-corrected chi connectivity index (χ3v) is 3.92. The first kappa shape index (κ1) is 14.7. The molecule has 1 aromatic heterocycles. The molecule has 0 aliphatic rings. The van der Waals surface area contributed by atoms with Crippen molar-refractivity contribution < 1.29 is 4.92 Å². The van der Waals surface area contributed by atoms with Gasteiger partial charge in [0, 0.05) is 18.2 Å². The summed E-state index contributed by atoms with van der Waals surface area (Å²) in [5, 5.41) is 14.3. The van der Waals surface area contributed by atoms with Gasteiger partial charge in [0.1, 0.15) is 5.15 Å². The molecule has 7 heteroatoms. The van der Waals surface area contributed by atoms with Crippen molar-refractivity contribution in [1.29, 1.82) is 0 Å². The van der Waals surface area contributed by atoms with Crippen molar-refractivity contribution in [2.75, 3.05) is 5.32 Å². The average Bonchev–Trinajstić information content (AvgIpc) is 2.43. The third kappa shape index (κ3) is 3.46. The number of aromatic nitrogens is 1. The van der Waals surface area contributed by atoms with Gasteiger partial charge in [-0.3, -0.25) is 10.1 Å². The van der Waals surface area contributed by atoms with Gasteiger partial charge in [-0.2, -0.15) is 0 Å². The van der Waals surface area contributed by atoms with Crippen molar-refractivity contribution in [3.63, 3.8) is 0 Å². The van der Waals surface area contributed by atoms with Crippen LogP contribution >= 0.6 is 27.5 Å². The summed E-state index contributed by atoms with van der Waals surface area (Å²) in [5.41, 5.74) is 1.84. The molecule has 0 saturated heterocycles. The molecule has 0 aliphatic carbocycles. The van der Waals surface area contributed by atoms with Gasteiger partial charge in [0.2, 0.25) is 0 Å². The van der Waals surface area contributed by atoms with Gasteiger partial charge >= 0.3 is 0 Å². The van der Waals surface area contributed by atoms with Crippen LogP contribution in [0, 0.1) is 10.1 Å². The van der Waals surface area contributed by atoms with Crippen LogP contribution in [0.2, 0.25) is 5.15 Å². The lowest BCUT2D eigenvalue weighted by atomic mass is 10.1. The van der Waals surface area contributed by atoms with Gasteiger partial charge in [-0.05, 0) is 34.5 Å². The predicted octanol–water partition coefficient (Wildman–Crippen LogP) is 4.58. The van der Waals surface area contributed by atoms with E-state index in [0.717, 1.165) is 11.3 Å². The van der Waals surface area contributed by atoms with Crippen LogP contribution in [-0.4, -0.2) is 9.91 Å². The maximum Gasteiger partial charge on any atom is 0.269 e. The Kier molecular flexibility index (Phi) is 4.57. The van der Waals surface area contributed by atoms with Crippen molar-refractivity contribution in [3.05, 3.63) is 61.8 Å². The number of nitrogens with zero attached hydrogens (tertiary/aromatic N) is 2. The van der Waals surface area contributed by atoms with Gasteiger partial charge in [-0.15, -0.1) is 0 Å². The Morgan fingerprint density at radius 1 is 1.40 bits per heavy atom. The summed E-state index contributed by atoms with van der Waals surface area (Å²) >= 11 is 9.14. The van der Waals surface area contributed by atoms with Crippen molar-refractivity contribution in [1.82, 2.24) is 4.98 Å². The molecule has 0 amide bonds. The fourth-order valence-corrected chi connectivity index (χ4v) is 2.17. The average molecular weight is 357 g/mol. The molecule has 0 spiro atoms. The lowest BCUT2D eigenvalue weighted by Crippen LogP contribution is -2.07. The predicted molar refractivity (Wildman–Crippen MR) is 82.1 cm³/mol. The molecular weight excluding hydrogens is 346 g/mol. The Morgan fingerprint density at radius 3 is 2.60 bits per heavy atom. The molecule has 104 valence electrons. The molecule has 0 bridgehead atoms. The van der Waals surface area contributed by atoms with Gasteiger partial charge in [-0.25, -0.2) is 4.98 Å². The summed E-state index contributed by atoms with van der Waals surface area (Å²) in [6, 6.07) is 8.26. The van der Waals surface area contributed by atoms with Crippen LogP contribution in [0.4, 0.5) is 11.4 Å².